The molecule has 0 atom stereocenters. The van der Waals surface area contributed by atoms with Gasteiger partial charge >= 0.3 is 12.0 Å². The number of ether oxygens (including phenoxy) is 1. The summed E-state index contributed by atoms with van der Waals surface area (Å²) in [6.45, 7) is 0.889. The maximum absolute atomic E-state index is 11.6. The van der Waals surface area contributed by atoms with Gasteiger partial charge in [-0.05, 0) is 19.1 Å². The molecule has 0 spiro atoms. The number of ketones is 1. The summed E-state index contributed by atoms with van der Waals surface area (Å²) in [6, 6.07) is 8.97. The van der Waals surface area contributed by atoms with Gasteiger partial charge in [-0.2, -0.15) is 0 Å². The zero-order chi connectivity index (χ0) is 16.7. The summed E-state index contributed by atoms with van der Waals surface area (Å²) in [5.74, 6) is -1.08. The second-order valence-corrected chi connectivity index (χ2v) is 4.69. The molecular formula is C15H15N3O5. The van der Waals surface area contributed by atoms with Crippen molar-refractivity contribution in [2.45, 2.75) is 19.8 Å². The Morgan fingerprint density at radius 1 is 1.13 bits per heavy atom. The van der Waals surface area contributed by atoms with E-state index >= 15 is 0 Å². The van der Waals surface area contributed by atoms with E-state index in [4.69, 9.17) is 9.15 Å². The molecule has 0 saturated carbocycles. The highest BCUT2D eigenvalue weighted by Gasteiger charge is 2.13. The molecule has 0 unspecified atom stereocenters. The number of carbonyl (C=O) groups excluding carboxylic acids is 3. The Balaban J connectivity index is 1.81. The summed E-state index contributed by atoms with van der Waals surface area (Å²) in [5.41, 5.74) is 0.719. The largest absolute Gasteiger partial charge is 0.456 e. The van der Waals surface area contributed by atoms with E-state index in [1.54, 1.807) is 12.1 Å². The van der Waals surface area contributed by atoms with Crippen LogP contribution in [-0.4, -0.2) is 34.5 Å². The van der Waals surface area contributed by atoms with Gasteiger partial charge in [0.25, 0.3) is 5.91 Å². The van der Waals surface area contributed by atoms with Gasteiger partial charge in [-0.3, -0.25) is 14.9 Å². The highest BCUT2D eigenvalue weighted by molar-refractivity contribution is 5.91. The lowest BCUT2D eigenvalue weighted by atomic mass is 10.2. The quantitative estimate of drug-likeness (QED) is 0.772. The zero-order valence-corrected chi connectivity index (χ0v) is 12.4. The number of carbonyl (C=O) groups is 3. The van der Waals surface area contributed by atoms with E-state index in [-0.39, 0.29) is 30.5 Å². The van der Waals surface area contributed by atoms with Crippen LogP contribution in [0.4, 0.5) is 6.01 Å². The first-order valence-corrected chi connectivity index (χ1v) is 6.88. The van der Waals surface area contributed by atoms with Gasteiger partial charge in [-0.25, -0.2) is 0 Å². The van der Waals surface area contributed by atoms with E-state index in [9.17, 15) is 14.4 Å². The van der Waals surface area contributed by atoms with Gasteiger partial charge in [-0.1, -0.05) is 23.3 Å². The number of anilines is 1. The number of Topliss-reactive ketones (excluding diaryl/α,β-unsaturated/α-hetero) is 1. The molecule has 0 aliphatic carbocycles. The molecule has 120 valence electrons. The maximum atomic E-state index is 11.6. The van der Waals surface area contributed by atoms with Crippen molar-refractivity contribution in [3.05, 3.63) is 30.3 Å². The van der Waals surface area contributed by atoms with Crippen LogP contribution in [0.3, 0.4) is 0 Å². The number of nitrogens with zero attached hydrogens (tertiary/aromatic N) is 2. The summed E-state index contributed by atoms with van der Waals surface area (Å²) >= 11 is 0. The van der Waals surface area contributed by atoms with E-state index in [2.05, 4.69) is 15.5 Å². The van der Waals surface area contributed by atoms with E-state index in [1.165, 1.54) is 6.92 Å². The molecule has 0 bridgehead atoms. The molecule has 0 saturated heterocycles. The van der Waals surface area contributed by atoms with Gasteiger partial charge in [0.1, 0.15) is 5.78 Å². The topological polar surface area (TPSA) is 111 Å². The van der Waals surface area contributed by atoms with Crippen LogP contribution in [0.1, 0.15) is 19.8 Å². The number of rotatable bonds is 7. The first kappa shape index (κ1) is 16.3. The summed E-state index contributed by atoms with van der Waals surface area (Å²) in [6.07, 6.45) is 0.0336. The summed E-state index contributed by atoms with van der Waals surface area (Å²) in [5, 5.41) is 9.82. The monoisotopic (exact) mass is 317 g/mol. The van der Waals surface area contributed by atoms with Crippen LogP contribution < -0.4 is 5.32 Å². The second-order valence-electron chi connectivity index (χ2n) is 4.69. The van der Waals surface area contributed by atoms with Crippen molar-refractivity contribution in [3.8, 4) is 11.5 Å². The van der Waals surface area contributed by atoms with Crippen molar-refractivity contribution in [2.24, 2.45) is 0 Å². The second kappa shape index (κ2) is 7.83. The summed E-state index contributed by atoms with van der Waals surface area (Å²) < 4.78 is 10.0. The molecule has 0 aliphatic rings. The van der Waals surface area contributed by atoms with Crippen molar-refractivity contribution in [3.63, 3.8) is 0 Å². The minimum atomic E-state index is -0.620. The zero-order valence-electron chi connectivity index (χ0n) is 12.4. The predicted molar refractivity (Wildman–Crippen MR) is 79.2 cm³/mol. The smallest absolute Gasteiger partial charge is 0.322 e. The number of hydrogen-bond donors (Lipinski definition) is 1. The summed E-state index contributed by atoms with van der Waals surface area (Å²) in [4.78, 5) is 33.6. The molecule has 1 heterocycles. The first-order chi connectivity index (χ1) is 11.0. The van der Waals surface area contributed by atoms with Gasteiger partial charge in [0.05, 0.1) is 6.42 Å². The highest BCUT2D eigenvalue weighted by Crippen LogP contribution is 2.18. The van der Waals surface area contributed by atoms with Crippen LogP contribution in [0.5, 0.6) is 0 Å². The first-order valence-electron chi connectivity index (χ1n) is 6.88. The fourth-order valence-corrected chi connectivity index (χ4v) is 1.62. The Hall–Kier alpha value is -3.03. The molecule has 0 radical (unpaired) electrons. The number of nitrogens with one attached hydrogen (secondary N) is 1. The molecule has 2 aromatic rings. The van der Waals surface area contributed by atoms with Crippen molar-refractivity contribution in [2.75, 3.05) is 11.9 Å². The van der Waals surface area contributed by atoms with E-state index in [0.29, 0.717) is 0 Å². The Kier molecular flexibility index (Phi) is 5.56. The lowest BCUT2D eigenvalue weighted by Crippen LogP contribution is -2.21. The van der Waals surface area contributed by atoms with Gasteiger partial charge < -0.3 is 13.9 Å². The number of amides is 1. The van der Waals surface area contributed by atoms with Crippen LogP contribution in [-0.2, 0) is 19.1 Å². The average Bonchev–Trinajstić information content (AvgIpc) is 3.00. The lowest BCUT2D eigenvalue weighted by molar-refractivity contribution is -0.148. The molecule has 8 heteroatoms. The number of aromatic nitrogens is 2. The summed E-state index contributed by atoms with van der Waals surface area (Å²) in [7, 11) is 0. The van der Waals surface area contributed by atoms with Crippen LogP contribution in [0.15, 0.2) is 34.7 Å². The van der Waals surface area contributed by atoms with Crippen molar-refractivity contribution in [1.29, 1.82) is 0 Å². The normalized spacial score (nSPS) is 10.1. The van der Waals surface area contributed by atoms with Crippen molar-refractivity contribution < 1.29 is 23.5 Å². The third-order valence-corrected chi connectivity index (χ3v) is 2.74. The van der Waals surface area contributed by atoms with Crippen LogP contribution >= 0.6 is 0 Å². The van der Waals surface area contributed by atoms with E-state index in [0.717, 1.165) is 5.56 Å². The molecule has 0 aliphatic heterocycles. The standard InChI is InChI=1S/C15H15N3O5/c1-10(19)7-8-13(21)22-9-12(20)16-15-18-17-14(23-15)11-5-3-2-4-6-11/h2-6H,7-9H2,1H3,(H,16,18,20). The minimum Gasteiger partial charge on any atom is -0.456 e. The average molecular weight is 317 g/mol. The van der Waals surface area contributed by atoms with Gasteiger partial charge in [0, 0.05) is 12.0 Å². The van der Waals surface area contributed by atoms with Crippen LogP contribution in [0.25, 0.3) is 11.5 Å². The third-order valence-electron chi connectivity index (χ3n) is 2.74. The molecule has 2 rings (SSSR count). The molecular weight excluding hydrogens is 302 g/mol. The fourth-order valence-electron chi connectivity index (χ4n) is 1.62. The van der Waals surface area contributed by atoms with Crippen molar-refractivity contribution in [1.82, 2.24) is 10.2 Å². The maximum Gasteiger partial charge on any atom is 0.322 e. The van der Waals surface area contributed by atoms with Crippen LogP contribution in [0.2, 0.25) is 0 Å². The molecule has 0 fully saturated rings. The predicted octanol–water partition coefficient (Wildman–Crippen LogP) is 1.59. The number of benzene rings is 1. The van der Waals surface area contributed by atoms with Crippen LogP contribution in [0, 0.1) is 0 Å². The molecule has 1 aromatic heterocycles. The number of hydrogen-bond acceptors (Lipinski definition) is 7. The van der Waals surface area contributed by atoms with E-state index < -0.39 is 18.5 Å². The van der Waals surface area contributed by atoms with Crippen molar-refractivity contribution >= 4 is 23.7 Å². The highest BCUT2D eigenvalue weighted by atomic mass is 16.5. The Bertz CT molecular complexity index is 696. The molecule has 1 amide bonds. The SMILES string of the molecule is CC(=O)CCC(=O)OCC(=O)Nc1nnc(-c2ccccc2)o1. The van der Waals surface area contributed by atoms with Gasteiger partial charge in [0.2, 0.25) is 5.89 Å². The molecule has 1 N–H and O–H groups in total. The Morgan fingerprint density at radius 3 is 2.57 bits per heavy atom. The fraction of sp³-hybridized carbons (Fsp3) is 0.267. The van der Waals surface area contributed by atoms with E-state index in [1.807, 2.05) is 18.2 Å². The minimum absolute atomic E-state index is 0.0542. The number of esters is 1. The molecule has 8 nitrogen and oxygen atoms in total. The molecule has 1 aromatic carbocycles. The van der Waals surface area contributed by atoms with Gasteiger partial charge in [0.15, 0.2) is 6.61 Å². The Labute approximate surface area is 131 Å². The third kappa shape index (κ3) is 5.34. The van der Waals surface area contributed by atoms with Gasteiger partial charge in [-0.15, -0.1) is 5.10 Å². The molecule has 23 heavy (non-hydrogen) atoms. The lowest BCUT2D eigenvalue weighted by Gasteiger charge is -2.03. The Morgan fingerprint density at radius 2 is 1.87 bits per heavy atom.